The molecule has 0 saturated heterocycles. The Balaban J connectivity index is 2.08. The van der Waals surface area contributed by atoms with E-state index in [1.165, 1.54) is 0 Å². The zero-order valence-electron chi connectivity index (χ0n) is 14.0. The molecule has 23 heavy (non-hydrogen) atoms. The Labute approximate surface area is 138 Å². The molecule has 1 unspecified atom stereocenters. The van der Waals surface area contributed by atoms with Gasteiger partial charge in [0.25, 0.3) is 0 Å². The molecule has 1 saturated carbocycles. The Morgan fingerprint density at radius 1 is 1.30 bits per heavy atom. The Kier molecular flexibility index (Phi) is 5.68. The average Bonchev–Trinajstić information content (AvgIpc) is 2.42. The highest BCUT2D eigenvalue weighted by Gasteiger charge is 2.31. The fourth-order valence-corrected chi connectivity index (χ4v) is 3.04. The molecule has 1 atom stereocenters. The Bertz CT molecular complexity index is 635. The molecule has 2 rings (SSSR count). The molecule has 1 aliphatic rings. The minimum Gasteiger partial charge on any atom is -0.383 e. The number of hydrogen-bond acceptors (Lipinski definition) is 4. The monoisotopic (exact) mass is 339 g/mol. The lowest BCUT2D eigenvalue weighted by atomic mass is 9.84. The Hall–Kier alpha value is -1.56. The second-order valence-electron chi connectivity index (χ2n) is 6.28. The van der Waals surface area contributed by atoms with E-state index in [1.54, 1.807) is 12.1 Å². The van der Waals surface area contributed by atoms with Crippen LogP contribution in [0.3, 0.4) is 0 Å². The second kappa shape index (κ2) is 7.34. The summed E-state index contributed by atoms with van der Waals surface area (Å²) in [6.07, 6.45) is 5.05. The van der Waals surface area contributed by atoms with Crippen LogP contribution in [0.1, 0.15) is 45.1 Å². The van der Waals surface area contributed by atoms with Crippen molar-refractivity contribution in [1.29, 1.82) is 0 Å². The van der Waals surface area contributed by atoms with Crippen molar-refractivity contribution in [2.45, 2.75) is 52.1 Å². The van der Waals surface area contributed by atoms with Crippen LogP contribution in [0.15, 0.2) is 24.3 Å². The second-order valence-corrected chi connectivity index (χ2v) is 7.86. The first kappa shape index (κ1) is 17.8. The molecule has 1 fully saturated rings. The summed E-state index contributed by atoms with van der Waals surface area (Å²) >= 11 is 0. The van der Waals surface area contributed by atoms with Gasteiger partial charge in [0.1, 0.15) is 5.75 Å². The lowest BCUT2D eigenvalue weighted by molar-refractivity contribution is -0.141. The number of carbonyl (C=O) groups is 1. The molecule has 0 heterocycles. The number of amides is 1. The van der Waals surface area contributed by atoms with Gasteiger partial charge in [0, 0.05) is 18.5 Å². The standard InChI is InChI=1S/C17H25NO4S/c1-4-13(2)18(17(19)15-6-5-7-15)12-14-8-10-16(11-9-14)22-23(3,20)21/h8-11,13,15H,4-7,12H2,1-3H3. The molecular formula is C17H25NO4S. The van der Waals surface area contributed by atoms with Gasteiger partial charge in [0.15, 0.2) is 0 Å². The first-order valence-corrected chi connectivity index (χ1v) is 9.90. The third-order valence-corrected chi connectivity index (χ3v) is 4.88. The fraction of sp³-hybridized carbons (Fsp3) is 0.588. The maximum atomic E-state index is 12.6. The van der Waals surface area contributed by atoms with Crippen molar-refractivity contribution in [3.05, 3.63) is 29.8 Å². The topological polar surface area (TPSA) is 63.7 Å². The van der Waals surface area contributed by atoms with Crippen LogP contribution in [0.2, 0.25) is 0 Å². The molecule has 0 radical (unpaired) electrons. The summed E-state index contributed by atoms with van der Waals surface area (Å²) in [4.78, 5) is 14.5. The molecule has 0 bridgehead atoms. The molecule has 1 aromatic carbocycles. The van der Waals surface area contributed by atoms with Crippen LogP contribution in [-0.4, -0.2) is 31.5 Å². The van der Waals surface area contributed by atoms with Crippen LogP contribution >= 0.6 is 0 Å². The summed E-state index contributed by atoms with van der Waals surface area (Å²) in [5, 5.41) is 0. The van der Waals surface area contributed by atoms with Crippen molar-refractivity contribution in [2.24, 2.45) is 5.92 Å². The molecule has 0 aromatic heterocycles. The van der Waals surface area contributed by atoms with Crippen LogP contribution in [0.5, 0.6) is 5.75 Å². The highest BCUT2D eigenvalue weighted by atomic mass is 32.2. The number of carbonyl (C=O) groups excluding carboxylic acids is 1. The maximum Gasteiger partial charge on any atom is 0.306 e. The van der Waals surface area contributed by atoms with Crippen molar-refractivity contribution in [1.82, 2.24) is 4.90 Å². The van der Waals surface area contributed by atoms with Crippen molar-refractivity contribution < 1.29 is 17.4 Å². The summed E-state index contributed by atoms with van der Waals surface area (Å²) in [6, 6.07) is 7.06. The summed E-state index contributed by atoms with van der Waals surface area (Å²) in [5.41, 5.74) is 0.971. The van der Waals surface area contributed by atoms with Gasteiger partial charge in [-0.2, -0.15) is 8.42 Å². The lowest BCUT2D eigenvalue weighted by Crippen LogP contribution is -2.43. The summed E-state index contributed by atoms with van der Waals surface area (Å²) in [6.45, 7) is 4.69. The van der Waals surface area contributed by atoms with Crippen LogP contribution in [0.25, 0.3) is 0 Å². The molecule has 6 heteroatoms. The molecule has 5 nitrogen and oxygen atoms in total. The number of hydrogen-bond donors (Lipinski definition) is 0. The van der Waals surface area contributed by atoms with Gasteiger partial charge < -0.3 is 9.08 Å². The average molecular weight is 339 g/mol. The van der Waals surface area contributed by atoms with Gasteiger partial charge in [-0.1, -0.05) is 25.5 Å². The van der Waals surface area contributed by atoms with Gasteiger partial charge in [0.05, 0.1) is 6.26 Å². The zero-order valence-corrected chi connectivity index (χ0v) is 14.8. The third kappa shape index (κ3) is 4.96. The molecular weight excluding hydrogens is 314 g/mol. The van der Waals surface area contributed by atoms with Crippen molar-refractivity contribution >= 4 is 16.0 Å². The smallest absolute Gasteiger partial charge is 0.306 e. The van der Waals surface area contributed by atoms with E-state index >= 15 is 0 Å². The van der Waals surface area contributed by atoms with Crippen molar-refractivity contribution in [3.8, 4) is 5.75 Å². The lowest BCUT2D eigenvalue weighted by Gasteiger charge is -2.35. The highest BCUT2D eigenvalue weighted by Crippen LogP contribution is 2.30. The minimum atomic E-state index is -3.52. The molecule has 0 aliphatic heterocycles. The van der Waals surface area contributed by atoms with Gasteiger partial charge in [-0.25, -0.2) is 0 Å². The quantitative estimate of drug-likeness (QED) is 0.717. The Morgan fingerprint density at radius 3 is 2.35 bits per heavy atom. The molecule has 1 amide bonds. The van der Waals surface area contributed by atoms with Gasteiger partial charge in [-0.3, -0.25) is 4.79 Å². The maximum absolute atomic E-state index is 12.6. The van der Waals surface area contributed by atoms with Gasteiger partial charge in [0.2, 0.25) is 5.91 Å². The van der Waals surface area contributed by atoms with E-state index in [4.69, 9.17) is 4.18 Å². The fourth-order valence-electron chi connectivity index (χ4n) is 2.58. The number of nitrogens with zero attached hydrogens (tertiary/aromatic N) is 1. The molecule has 1 aromatic rings. The van der Waals surface area contributed by atoms with E-state index in [2.05, 4.69) is 13.8 Å². The van der Waals surface area contributed by atoms with E-state index in [0.717, 1.165) is 37.5 Å². The third-order valence-electron chi connectivity index (χ3n) is 4.38. The van der Waals surface area contributed by atoms with Crippen molar-refractivity contribution in [2.75, 3.05) is 6.26 Å². The first-order valence-electron chi connectivity index (χ1n) is 8.09. The largest absolute Gasteiger partial charge is 0.383 e. The van der Waals surface area contributed by atoms with E-state index in [1.807, 2.05) is 17.0 Å². The molecule has 1 aliphatic carbocycles. The SMILES string of the molecule is CCC(C)N(Cc1ccc(OS(C)(=O)=O)cc1)C(=O)C1CCC1. The summed E-state index contributed by atoms with van der Waals surface area (Å²) in [7, 11) is -3.52. The van der Waals surface area contributed by atoms with E-state index < -0.39 is 10.1 Å². The predicted octanol–water partition coefficient (Wildman–Crippen LogP) is 2.95. The minimum absolute atomic E-state index is 0.178. The number of benzene rings is 1. The predicted molar refractivity (Wildman–Crippen MR) is 89.6 cm³/mol. The first-order chi connectivity index (χ1) is 10.8. The van der Waals surface area contributed by atoms with Crippen LogP contribution in [0, 0.1) is 5.92 Å². The van der Waals surface area contributed by atoms with Crippen LogP contribution in [-0.2, 0) is 21.5 Å². The van der Waals surface area contributed by atoms with Gasteiger partial charge in [-0.05, 0) is 43.9 Å². The molecule has 0 N–H and O–H groups in total. The Morgan fingerprint density at radius 2 is 1.91 bits per heavy atom. The van der Waals surface area contributed by atoms with E-state index in [9.17, 15) is 13.2 Å². The van der Waals surface area contributed by atoms with E-state index in [-0.39, 0.29) is 23.6 Å². The van der Waals surface area contributed by atoms with Gasteiger partial charge >= 0.3 is 10.1 Å². The van der Waals surface area contributed by atoms with Crippen molar-refractivity contribution in [3.63, 3.8) is 0 Å². The van der Waals surface area contributed by atoms with Crippen LogP contribution in [0.4, 0.5) is 0 Å². The number of rotatable bonds is 7. The molecule has 0 spiro atoms. The van der Waals surface area contributed by atoms with Crippen LogP contribution < -0.4 is 4.18 Å². The van der Waals surface area contributed by atoms with Gasteiger partial charge in [-0.15, -0.1) is 0 Å². The summed E-state index contributed by atoms with van der Waals surface area (Å²) < 4.78 is 27.1. The zero-order chi connectivity index (χ0) is 17.0. The van der Waals surface area contributed by atoms with E-state index in [0.29, 0.717) is 6.54 Å². The summed E-state index contributed by atoms with van der Waals surface area (Å²) in [5.74, 6) is 0.704. The highest BCUT2D eigenvalue weighted by molar-refractivity contribution is 7.86. The molecule has 128 valence electrons. The normalized spacial score (nSPS) is 16.5.